The average Bonchev–Trinajstić information content (AvgIpc) is 2.83. The van der Waals surface area contributed by atoms with Gasteiger partial charge in [-0.2, -0.15) is 0 Å². The van der Waals surface area contributed by atoms with Crippen molar-refractivity contribution in [3.8, 4) is 0 Å². The first-order valence-electron chi connectivity index (χ1n) is 6.31. The van der Waals surface area contributed by atoms with E-state index in [1.807, 2.05) is 0 Å². The quantitative estimate of drug-likeness (QED) is 0.536. The van der Waals surface area contributed by atoms with Crippen LogP contribution >= 0.6 is 0 Å². The lowest BCUT2D eigenvalue weighted by atomic mass is 9.37. The topological polar surface area (TPSA) is 0 Å². The third kappa shape index (κ3) is 1.67. The molecule has 1 aliphatic heterocycles. The summed E-state index contributed by atoms with van der Waals surface area (Å²) < 4.78 is 0. The minimum Gasteiger partial charge on any atom is -0.0861 e. The first kappa shape index (κ1) is 8.38. The molecule has 3 aliphatic rings. The standard InChI is InChI=1S/C12H21B/c1-13-7-9-4-10(8-13)6-12(5-9)11-2-3-11/h9-12H,2-8H2,1H3. The third-order valence-corrected chi connectivity index (χ3v) is 4.70. The van der Waals surface area contributed by atoms with Gasteiger partial charge < -0.3 is 0 Å². The second-order valence-corrected chi connectivity index (χ2v) is 6.11. The Morgan fingerprint density at radius 2 is 1.46 bits per heavy atom. The predicted octanol–water partition coefficient (Wildman–Crippen LogP) is 3.57. The minimum atomic E-state index is 1.05. The largest absolute Gasteiger partial charge is 0.137 e. The van der Waals surface area contributed by atoms with Gasteiger partial charge in [-0.15, -0.1) is 0 Å². The van der Waals surface area contributed by atoms with Gasteiger partial charge in [-0.1, -0.05) is 19.5 Å². The molecule has 3 rings (SSSR count). The van der Waals surface area contributed by atoms with Crippen LogP contribution in [0.25, 0.3) is 0 Å². The molecule has 2 saturated carbocycles. The van der Waals surface area contributed by atoms with Crippen LogP contribution in [0, 0.1) is 23.7 Å². The van der Waals surface area contributed by atoms with Crippen molar-refractivity contribution in [2.75, 3.05) is 0 Å². The molecule has 2 bridgehead atoms. The minimum absolute atomic E-state index is 1.05. The summed E-state index contributed by atoms with van der Waals surface area (Å²) >= 11 is 0. The number of rotatable bonds is 1. The lowest BCUT2D eigenvalue weighted by Gasteiger charge is -2.41. The second kappa shape index (κ2) is 3.03. The highest BCUT2D eigenvalue weighted by Crippen LogP contribution is 2.51. The monoisotopic (exact) mass is 176 g/mol. The van der Waals surface area contributed by atoms with E-state index in [9.17, 15) is 0 Å². The van der Waals surface area contributed by atoms with Crippen LogP contribution in [0.2, 0.25) is 19.5 Å². The zero-order valence-corrected chi connectivity index (χ0v) is 8.84. The summed E-state index contributed by atoms with van der Waals surface area (Å²) in [7, 11) is 0. The van der Waals surface area contributed by atoms with Crippen LogP contribution in [0.3, 0.4) is 0 Å². The Morgan fingerprint density at radius 1 is 0.846 bits per heavy atom. The maximum atomic E-state index is 2.47. The average molecular weight is 176 g/mol. The number of hydrogen-bond donors (Lipinski definition) is 0. The molecule has 1 heterocycles. The highest BCUT2D eigenvalue weighted by molar-refractivity contribution is 6.57. The molecule has 2 unspecified atom stereocenters. The fourth-order valence-electron chi connectivity index (χ4n) is 4.19. The van der Waals surface area contributed by atoms with Gasteiger partial charge in [0.15, 0.2) is 0 Å². The molecule has 1 heteroatoms. The van der Waals surface area contributed by atoms with E-state index < -0.39 is 0 Å². The predicted molar refractivity (Wildman–Crippen MR) is 58.3 cm³/mol. The van der Waals surface area contributed by atoms with E-state index in [0.717, 1.165) is 24.5 Å². The van der Waals surface area contributed by atoms with E-state index in [0.29, 0.717) is 0 Å². The Kier molecular flexibility index (Phi) is 1.96. The molecular formula is C12H21B. The highest BCUT2D eigenvalue weighted by atomic mass is 14.4. The summed E-state index contributed by atoms with van der Waals surface area (Å²) in [6.07, 6.45) is 11.0. The maximum absolute atomic E-state index is 2.47. The Hall–Kier alpha value is 0.0649. The molecule has 13 heavy (non-hydrogen) atoms. The van der Waals surface area contributed by atoms with E-state index in [4.69, 9.17) is 0 Å². The van der Waals surface area contributed by atoms with Crippen molar-refractivity contribution in [2.24, 2.45) is 23.7 Å². The zero-order valence-electron chi connectivity index (χ0n) is 8.84. The Labute approximate surface area is 82.6 Å². The molecule has 0 amide bonds. The van der Waals surface area contributed by atoms with Crippen LogP contribution in [0.4, 0.5) is 0 Å². The summed E-state index contributed by atoms with van der Waals surface area (Å²) in [5.74, 6) is 4.61. The second-order valence-electron chi connectivity index (χ2n) is 6.11. The van der Waals surface area contributed by atoms with Crippen LogP contribution in [-0.4, -0.2) is 6.71 Å². The Bertz CT molecular complexity index is 179. The van der Waals surface area contributed by atoms with Crippen molar-refractivity contribution in [3.63, 3.8) is 0 Å². The van der Waals surface area contributed by atoms with Gasteiger partial charge in [0.05, 0.1) is 0 Å². The fraction of sp³-hybridized carbons (Fsp3) is 1.00. The molecule has 0 aromatic carbocycles. The van der Waals surface area contributed by atoms with Crippen molar-refractivity contribution in [2.45, 2.75) is 51.6 Å². The molecule has 0 aromatic heterocycles. The Balaban J connectivity index is 1.67. The van der Waals surface area contributed by atoms with Gasteiger partial charge in [0.25, 0.3) is 0 Å². The van der Waals surface area contributed by atoms with Gasteiger partial charge in [-0.25, -0.2) is 0 Å². The molecule has 2 atom stereocenters. The van der Waals surface area contributed by atoms with Crippen molar-refractivity contribution >= 4 is 6.71 Å². The SMILES string of the molecule is CB1CC2CC(C1)CC(C1CC1)C2. The molecule has 0 nitrogen and oxygen atoms in total. The van der Waals surface area contributed by atoms with Crippen LogP contribution in [0.1, 0.15) is 32.1 Å². The molecule has 72 valence electrons. The molecular weight excluding hydrogens is 155 g/mol. The summed E-state index contributed by atoms with van der Waals surface area (Å²) in [4.78, 5) is 0. The molecule has 0 radical (unpaired) electrons. The first-order chi connectivity index (χ1) is 6.31. The van der Waals surface area contributed by atoms with Crippen molar-refractivity contribution in [1.82, 2.24) is 0 Å². The number of hydrogen-bond acceptors (Lipinski definition) is 0. The summed E-state index contributed by atoms with van der Waals surface area (Å²) in [6.45, 7) is 3.51. The molecule has 1 saturated heterocycles. The smallest absolute Gasteiger partial charge is 0.0861 e. The van der Waals surface area contributed by atoms with E-state index in [2.05, 4.69) is 6.82 Å². The van der Waals surface area contributed by atoms with E-state index in [1.54, 1.807) is 44.7 Å². The third-order valence-electron chi connectivity index (χ3n) is 4.70. The summed E-state index contributed by atoms with van der Waals surface area (Å²) in [6, 6.07) is 0. The van der Waals surface area contributed by atoms with E-state index >= 15 is 0 Å². The van der Waals surface area contributed by atoms with Crippen LogP contribution < -0.4 is 0 Å². The summed E-state index contributed by atoms with van der Waals surface area (Å²) in [5, 5.41) is 0. The lowest BCUT2D eigenvalue weighted by Crippen LogP contribution is -2.33. The fourth-order valence-corrected chi connectivity index (χ4v) is 4.19. The van der Waals surface area contributed by atoms with Gasteiger partial charge in [-0.05, 0) is 55.8 Å². The van der Waals surface area contributed by atoms with Crippen molar-refractivity contribution in [1.29, 1.82) is 0 Å². The van der Waals surface area contributed by atoms with Gasteiger partial charge >= 0.3 is 0 Å². The normalized spacial score (nSPS) is 45.0. The van der Waals surface area contributed by atoms with Gasteiger partial charge in [-0.3, -0.25) is 0 Å². The molecule has 0 aromatic rings. The van der Waals surface area contributed by atoms with Gasteiger partial charge in [0, 0.05) is 0 Å². The molecule has 3 fully saturated rings. The molecule has 2 aliphatic carbocycles. The van der Waals surface area contributed by atoms with E-state index in [-0.39, 0.29) is 0 Å². The zero-order chi connectivity index (χ0) is 8.84. The van der Waals surface area contributed by atoms with Crippen molar-refractivity contribution < 1.29 is 0 Å². The van der Waals surface area contributed by atoms with Gasteiger partial charge in [0.2, 0.25) is 0 Å². The summed E-state index contributed by atoms with van der Waals surface area (Å²) in [5.41, 5.74) is 0. The van der Waals surface area contributed by atoms with Crippen LogP contribution in [0.5, 0.6) is 0 Å². The first-order valence-corrected chi connectivity index (χ1v) is 6.31. The van der Waals surface area contributed by atoms with E-state index in [1.165, 1.54) is 5.92 Å². The van der Waals surface area contributed by atoms with Crippen LogP contribution in [-0.2, 0) is 0 Å². The Morgan fingerprint density at radius 3 is 2.00 bits per heavy atom. The lowest BCUT2D eigenvalue weighted by molar-refractivity contribution is 0.187. The number of fused-ring (bicyclic) bond motifs is 2. The molecule has 0 N–H and O–H groups in total. The van der Waals surface area contributed by atoms with Crippen LogP contribution in [0.15, 0.2) is 0 Å². The molecule has 0 spiro atoms. The van der Waals surface area contributed by atoms with Crippen molar-refractivity contribution in [3.05, 3.63) is 0 Å². The maximum Gasteiger partial charge on any atom is 0.137 e. The van der Waals surface area contributed by atoms with Gasteiger partial charge in [0.1, 0.15) is 6.71 Å². The highest BCUT2D eigenvalue weighted by Gasteiger charge is 2.41.